The molecular weight excluding hydrogens is 413 g/mol. The number of primary amides is 1. The number of nitrogens with zero attached hydrogens (tertiary/aromatic N) is 2. The summed E-state index contributed by atoms with van der Waals surface area (Å²) < 4.78 is 38.7. The molecule has 2 atom stereocenters. The Labute approximate surface area is 176 Å². The second-order valence-electron chi connectivity index (χ2n) is 7.43. The molecule has 3 amide bonds. The zero-order valence-corrected chi connectivity index (χ0v) is 16.4. The van der Waals surface area contributed by atoms with E-state index in [4.69, 9.17) is 5.73 Å². The fourth-order valence-electron chi connectivity index (χ4n) is 3.74. The van der Waals surface area contributed by atoms with Crippen LogP contribution in [0, 0.1) is 5.92 Å². The van der Waals surface area contributed by atoms with Crippen molar-refractivity contribution in [2.75, 3.05) is 11.9 Å². The van der Waals surface area contributed by atoms with Crippen LogP contribution >= 0.6 is 0 Å². The minimum atomic E-state index is -4.36. The van der Waals surface area contributed by atoms with Gasteiger partial charge in [0.15, 0.2) is 0 Å². The van der Waals surface area contributed by atoms with E-state index < -0.39 is 42.3 Å². The summed E-state index contributed by atoms with van der Waals surface area (Å²) in [5.41, 5.74) is 6.04. The van der Waals surface area contributed by atoms with Crippen molar-refractivity contribution in [2.24, 2.45) is 11.7 Å². The Hall–Kier alpha value is -3.43. The van der Waals surface area contributed by atoms with Gasteiger partial charge < -0.3 is 16.0 Å². The molecule has 10 heteroatoms. The Morgan fingerprint density at radius 2 is 1.84 bits per heavy atom. The predicted octanol–water partition coefficient (Wildman–Crippen LogP) is 3.05. The number of hydrogen-bond donors (Lipinski definition) is 2. The molecule has 2 heterocycles. The Bertz CT molecular complexity index is 966. The topological polar surface area (TPSA) is 105 Å². The number of nitrogens with one attached hydrogen (secondary N) is 1. The van der Waals surface area contributed by atoms with E-state index in [-0.39, 0.29) is 24.2 Å². The van der Waals surface area contributed by atoms with Gasteiger partial charge in [-0.15, -0.1) is 0 Å². The third-order valence-electron chi connectivity index (χ3n) is 5.12. The lowest BCUT2D eigenvalue weighted by molar-refractivity contribution is -0.157. The maximum atomic E-state index is 12.9. The molecule has 0 bridgehead atoms. The summed E-state index contributed by atoms with van der Waals surface area (Å²) in [7, 11) is 0. The van der Waals surface area contributed by atoms with Crippen molar-refractivity contribution in [2.45, 2.75) is 31.5 Å². The molecule has 7 nitrogen and oxygen atoms in total. The number of hydrogen-bond acceptors (Lipinski definition) is 4. The Kier molecular flexibility index (Phi) is 6.57. The molecule has 1 aromatic carbocycles. The number of carbonyl (C=O) groups excluding carboxylic acids is 3. The summed E-state index contributed by atoms with van der Waals surface area (Å²) in [4.78, 5) is 41.8. The lowest BCUT2D eigenvalue weighted by Gasteiger charge is -2.39. The number of alkyl halides is 3. The summed E-state index contributed by atoms with van der Waals surface area (Å²) >= 11 is 0. The van der Waals surface area contributed by atoms with Crippen LogP contribution in [-0.2, 0) is 9.59 Å². The Morgan fingerprint density at radius 1 is 1.13 bits per heavy atom. The molecule has 3 N–H and O–H groups in total. The molecule has 164 valence electrons. The van der Waals surface area contributed by atoms with Gasteiger partial charge in [0.05, 0.1) is 23.5 Å². The van der Waals surface area contributed by atoms with E-state index in [1.807, 2.05) is 0 Å². The monoisotopic (exact) mass is 434 g/mol. The van der Waals surface area contributed by atoms with Gasteiger partial charge in [0.1, 0.15) is 0 Å². The highest BCUT2D eigenvalue weighted by Crippen LogP contribution is 2.38. The highest BCUT2D eigenvalue weighted by molar-refractivity contribution is 6.39. The second kappa shape index (κ2) is 9.15. The lowest BCUT2D eigenvalue weighted by atomic mass is 9.87. The molecular formula is C21H21F3N4O3. The molecule has 2 aromatic rings. The fraction of sp³-hybridized carbons (Fsp3) is 0.333. The van der Waals surface area contributed by atoms with Gasteiger partial charge in [0.2, 0.25) is 5.91 Å². The number of halogens is 3. The van der Waals surface area contributed by atoms with Crippen molar-refractivity contribution in [3.05, 3.63) is 59.9 Å². The lowest BCUT2D eigenvalue weighted by Crippen LogP contribution is -2.47. The molecule has 0 saturated carbocycles. The van der Waals surface area contributed by atoms with E-state index in [0.29, 0.717) is 6.42 Å². The molecule has 0 radical (unpaired) electrons. The number of anilines is 1. The predicted molar refractivity (Wildman–Crippen MR) is 106 cm³/mol. The molecule has 1 aromatic heterocycles. The molecule has 1 saturated heterocycles. The van der Waals surface area contributed by atoms with Crippen LogP contribution in [-0.4, -0.2) is 40.3 Å². The van der Waals surface area contributed by atoms with E-state index >= 15 is 0 Å². The van der Waals surface area contributed by atoms with Crippen molar-refractivity contribution in [3.8, 4) is 0 Å². The third-order valence-corrected chi connectivity index (χ3v) is 5.12. The molecule has 1 aliphatic rings. The maximum Gasteiger partial charge on any atom is 0.389 e. The third kappa shape index (κ3) is 5.80. The number of piperidine rings is 1. The molecule has 0 spiro atoms. The van der Waals surface area contributed by atoms with E-state index in [1.54, 1.807) is 30.3 Å². The van der Waals surface area contributed by atoms with Crippen LogP contribution in [0.3, 0.4) is 0 Å². The largest absolute Gasteiger partial charge is 0.389 e. The summed E-state index contributed by atoms with van der Waals surface area (Å²) in [6.07, 6.45) is -2.35. The van der Waals surface area contributed by atoms with Crippen LogP contribution in [0.4, 0.5) is 18.9 Å². The van der Waals surface area contributed by atoms with Crippen LogP contribution in [0.2, 0.25) is 0 Å². The van der Waals surface area contributed by atoms with Crippen molar-refractivity contribution in [3.63, 3.8) is 0 Å². The van der Waals surface area contributed by atoms with Crippen LogP contribution in [0.25, 0.3) is 0 Å². The maximum absolute atomic E-state index is 12.9. The average molecular weight is 434 g/mol. The Morgan fingerprint density at radius 3 is 2.48 bits per heavy atom. The number of likely N-dealkylation sites (tertiary alicyclic amines) is 1. The van der Waals surface area contributed by atoms with Gasteiger partial charge in [-0.05, 0) is 30.4 Å². The fourth-order valence-corrected chi connectivity index (χ4v) is 3.74. The summed E-state index contributed by atoms with van der Waals surface area (Å²) in [6, 6.07) is 9.61. The SMILES string of the molecule is NC(=O)c1cncc(NC(=O)C(=O)N2C[C@H](CC(F)(F)F)CC[C@H]2c2ccccc2)c1. The first-order chi connectivity index (χ1) is 14.6. The van der Waals surface area contributed by atoms with Gasteiger partial charge in [0.25, 0.3) is 0 Å². The van der Waals surface area contributed by atoms with E-state index in [2.05, 4.69) is 10.3 Å². The van der Waals surface area contributed by atoms with Crippen molar-refractivity contribution in [1.29, 1.82) is 0 Å². The summed E-state index contributed by atoms with van der Waals surface area (Å²) in [6.45, 7) is -0.190. The number of rotatable bonds is 4. The van der Waals surface area contributed by atoms with Crippen LogP contribution < -0.4 is 11.1 Å². The highest BCUT2D eigenvalue weighted by Gasteiger charge is 2.40. The number of nitrogens with two attached hydrogens (primary N) is 1. The smallest absolute Gasteiger partial charge is 0.366 e. The number of carbonyl (C=O) groups is 3. The van der Waals surface area contributed by atoms with Gasteiger partial charge in [-0.3, -0.25) is 19.4 Å². The van der Waals surface area contributed by atoms with Gasteiger partial charge in [-0.1, -0.05) is 30.3 Å². The zero-order valence-electron chi connectivity index (χ0n) is 16.4. The molecule has 0 unspecified atom stereocenters. The van der Waals surface area contributed by atoms with E-state index in [9.17, 15) is 27.6 Å². The Balaban J connectivity index is 1.81. The van der Waals surface area contributed by atoms with Crippen LogP contribution in [0.5, 0.6) is 0 Å². The molecule has 0 aliphatic carbocycles. The summed E-state index contributed by atoms with van der Waals surface area (Å²) in [5.74, 6) is -3.54. The van der Waals surface area contributed by atoms with E-state index in [0.717, 1.165) is 5.56 Å². The van der Waals surface area contributed by atoms with Gasteiger partial charge in [-0.2, -0.15) is 13.2 Å². The number of amides is 3. The minimum Gasteiger partial charge on any atom is -0.366 e. The molecule has 31 heavy (non-hydrogen) atoms. The standard InChI is InChI=1S/C21H21F3N4O3/c22-21(23,24)9-13-6-7-17(14-4-2-1-3-5-14)28(12-13)20(31)19(30)27-16-8-15(18(25)29)10-26-11-16/h1-5,8,10-11,13,17H,6-7,9,12H2,(H2,25,29)(H,27,30)/t13-,17-/m0/s1. The van der Waals surface area contributed by atoms with Crippen LogP contribution in [0.1, 0.15) is 41.2 Å². The first kappa shape index (κ1) is 22.3. The highest BCUT2D eigenvalue weighted by atomic mass is 19.4. The van der Waals surface area contributed by atoms with Crippen molar-refractivity contribution >= 4 is 23.4 Å². The average Bonchev–Trinajstić information content (AvgIpc) is 2.72. The first-order valence-electron chi connectivity index (χ1n) is 9.62. The van der Waals surface area contributed by atoms with Crippen molar-refractivity contribution < 1.29 is 27.6 Å². The normalized spacial score (nSPS) is 19.0. The zero-order chi connectivity index (χ0) is 22.6. The van der Waals surface area contributed by atoms with Gasteiger partial charge >= 0.3 is 18.0 Å². The number of pyridine rings is 1. The second-order valence-corrected chi connectivity index (χ2v) is 7.43. The summed E-state index contributed by atoms with van der Waals surface area (Å²) in [5, 5.41) is 2.35. The van der Waals surface area contributed by atoms with Crippen LogP contribution in [0.15, 0.2) is 48.8 Å². The van der Waals surface area contributed by atoms with Gasteiger partial charge in [-0.25, -0.2) is 0 Å². The number of aromatic nitrogens is 1. The minimum absolute atomic E-state index is 0.0376. The van der Waals surface area contributed by atoms with E-state index in [1.165, 1.54) is 23.4 Å². The number of benzene rings is 1. The molecule has 1 fully saturated rings. The molecule has 3 rings (SSSR count). The van der Waals surface area contributed by atoms with Crippen molar-refractivity contribution in [1.82, 2.24) is 9.88 Å². The quantitative estimate of drug-likeness (QED) is 0.722. The van der Waals surface area contributed by atoms with Gasteiger partial charge in [0, 0.05) is 19.2 Å². The molecule has 1 aliphatic heterocycles. The first-order valence-corrected chi connectivity index (χ1v) is 9.62.